The first-order valence-corrected chi connectivity index (χ1v) is 9.81. The molecule has 5 heteroatoms. The van der Waals surface area contributed by atoms with E-state index in [1.807, 2.05) is 0 Å². The molecule has 27 heavy (non-hydrogen) atoms. The molecule has 142 valence electrons. The van der Waals surface area contributed by atoms with Crippen molar-refractivity contribution < 1.29 is 14.3 Å². The lowest BCUT2D eigenvalue weighted by Gasteiger charge is -2.55. The molecule has 4 bridgehead atoms. The fourth-order valence-corrected chi connectivity index (χ4v) is 5.72. The van der Waals surface area contributed by atoms with Crippen molar-refractivity contribution in [2.45, 2.75) is 38.5 Å². The molecule has 0 aromatic heterocycles. The zero-order valence-electron chi connectivity index (χ0n) is 15.5. The Bertz CT molecular complexity index is 770. The van der Waals surface area contributed by atoms with E-state index in [1.54, 1.807) is 24.3 Å². The molecule has 1 aromatic rings. The smallest absolute Gasteiger partial charge is 0.252 e. The number of primary amides is 1. The van der Waals surface area contributed by atoms with E-state index in [4.69, 9.17) is 10.5 Å². The van der Waals surface area contributed by atoms with E-state index in [9.17, 15) is 9.59 Å². The largest absolute Gasteiger partial charge is 0.480 e. The van der Waals surface area contributed by atoms with Gasteiger partial charge >= 0.3 is 0 Å². The average Bonchev–Trinajstić information content (AvgIpc) is 2.63. The SMILES string of the molecule is NC(=O)c1ccccc1OCC#CCNC(=O)C12CC3CC(CC(C3)C1)C2. The molecule has 0 spiro atoms. The summed E-state index contributed by atoms with van der Waals surface area (Å²) in [6.07, 6.45) is 7.17. The quantitative estimate of drug-likeness (QED) is 0.786. The van der Waals surface area contributed by atoms with Crippen molar-refractivity contribution in [2.24, 2.45) is 28.9 Å². The minimum Gasteiger partial charge on any atom is -0.480 e. The number of amides is 2. The molecule has 5 rings (SSSR count). The van der Waals surface area contributed by atoms with Crippen LogP contribution in [0.4, 0.5) is 0 Å². The number of nitrogens with two attached hydrogens (primary N) is 1. The van der Waals surface area contributed by atoms with Crippen molar-refractivity contribution in [3.63, 3.8) is 0 Å². The second-order valence-electron chi connectivity index (χ2n) is 8.38. The maximum Gasteiger partial charge on any atom is 0.252 e. The summed E-state index contributed by atoms with van der Waals surface area (Å²) in [5.41, 5.74) is 5.53. The molecule has 4 fully saturated rings. The van der Waals surface area contributed by atoms with Crippen molar-refractivity contribution >= 4 is 11.8 Å². The van der Waals surface area contributed by atoms with Gasteiger partial charge in [0.25, 0.3) is 5.91 Å². The fraction of sp³-hybridized carbons (Fsp3) is 0.545. The van der Waals surface area contributed by atoms with Crippen LogP contribution < -0.4 is 15.8 Å². The summed E-state index contributed by atoms with van der Waals surface area (Å²) in [5, 5.41) is 3.03. The lowest BCUT2D eigenvalue weighted by Crippen LogP contribution is -2.53. The Morgan fingerprint density at radius 1 is 1.07 bits per heavy atom. The Morgan fingerprint density at radius 2 is 1.70 bits per heavy atom. The van der Waals surface area contributed by atoms with Crippen LogP contribution >= 0.6 is 0 Å². The lowest BCUT2D eigenvalue weighted by molar-refractivity contribution is -0.145. The zero-order chi connectivity index (χ0) is 18.9. The standard InChI is InChI=1S/C22H26N2O3/c23-20(25)18-5-1-2-6-19(18)27-8-4-3-7-24-21(26)22-12-15-9-16(13-22)11-17(10-15)14-22/h1-2,5-6,15-17H,7-14H2,(H2,23,25)(H,24,26). The molecule has 0 radical (unpaired) electrons. The molecule has 3 N–H and O–H groups in total. The van der Waals surface area contributed by atoms with Gasteiger partial charge in [-0.1, -0.05) is 24.0 Å². The van der Waals surface area contributed by atoms with Gasteiger partial charge in [0.15, 0.2) is 0 Å². The second-order valence-corrected chi connectivity index (χ2v) is 8.38. The summed E-state index contributed by atoms with van der Waals surface area (Å²) in [7, 11) is 0. The summed E-state index contributed by atoms with van der Waals surface area (Å²) < 4.78 is 5.52. The Labute approximate surface area is 160 Å². The number of carbonyl (C=O) groups is 2. The monoisotopic (exact) mass is 366 g/mol. The molecular formula is C22H26N2O3. The van der Waals surface area contributed by atoms with E-state index in [2.05, 4.69) is 17.2 Å². The van der Waals surface area contributed by atoms with Crippen molar-refractivity contribution in [2.75, 3.05) is 13.2 Å². The van der Waals surface area contributed by atoms with Crippen LogP contribution in [0.2, 0.25) is 0 Å². The maximum atomic E-state index is 12.8. The highest BCUT2D eigenvalue weighted by molar-refractivity contribution is 5.95. The number of nitrogens with one attached hydrogen (secondary N) is 1. The summed E-state index contributed by atoms with van der Waals surface area (Å²) in [6, 6.07) is 6.83. The van der Waals surface area contributed by atoms with Crippen LogP contribution in [-0.2, 0) is 4.79 Å². The Morgan fingerprint density at radius 3 is 2.33 bits per heavy atom. The maximum absolute atomic E-state index is 12.8. The van der Waals surface area contributed by atoms with Gasteiger partial charge in [0.05, 0.1) is 12.1 Å². The number of hydrogen-bond donors (Lipinski definition) is 2. The van der Waals surface area contributed by atoms with E-state index in [0.29, 0.717) is 17.9 Å². The van der Waals surface area contributed by atoms with Gasteiger partial charge in [-0.3, -0.25) is 9.59 Å². The zero-order valence-corrected chi connectivity index (χ0v) is 15.5. The predicted molar refractivity (Wildman–Crippen MR) is 102 cm³/mol. The number of hydrogen-bond acceptors (Lipinski definition) is 3. The van der Waals surface area contributed by atoms with Crippen LogP contribution in [0.25, 0.3) is 0 Å². The van der Waals surface area contributed by atoms with Crippen molar-refractivity contribution in [1.29, 1.82) is 0 Å². The third-order valence-corrected chi connectivity index (χ3v) is 6.43. The fourth-order valence-electron chi connectivity index (χ4n) is 5.72. The summed E-state index contributed by atoms with van der Waals surface area (Å²) in [5.74, 6) is 8.20. The molecule has 0 heterocycles. The molecule has 1 aromatic carbocycles. The van der Waals surface area contributed by atoms with Crippen LogP contribution in [0.1, 0.15) is 48.9 Å². The van der Waals surface area contributed by atoms with Crippen LogP contribution in [0.5, 0.6) is 5.75 Å². The Kier molecular flexibility index (Phi) is 4.82. The molecule has 0 saturated heterocycles. The molecule has 0 unspecified atom stereocenters. The third kappa shape index (κ3) is 3.66. The lowest BCUT2D eigenvalue weighted by atomic mass is 9.49. The van der Waals surface area contributed by atoms with Crippen molar-refractivity contribution in [1.82, 2.24) is 5.32 Å². The summed E-state index contributed by atoms with van der Waals surface area (Å²) >= 11 is 0. The van der Waals surface area contributed by atoms with E-state index in [-0.39, 0.29) is 17.9 Å². The first-order valence-electron chi connectivity index (χ1n) is 9.81. The van der Waals surface area contributed by atoms with E-state index < -0.39 is 5.91 Å². The minimum absolute atomic E-state index is 0.132. The molecule has 0 aliphatic heterocycles. The Hall–Kier alpha value is -2.48. The molecule has 0 atom stereocenters. The predicted octanol–water partition coefficient (Wildman–Crippen LogP) is 2.50. The third-order valence-electron chi connectivity index (χ3n) is 6.43. The van der Waals surface area contributed by atoms with Gasteiger partial charge in [-0.2, -0.15) is 0 Å². The molecule has 2 amide bonds. The van der Waals surface area contributed by atoms with Crippen molar-refractivity contribution in [3.05, 3.63) is 29.8 Å². The van der Waals surface area contributed by atoms with Crippen molar-refractivity contribution in [3.8, 4) is 17.6 Å². The second kappa shape index (κ2) is 7.26. The number of rotatable bonds is 5. The van der Waals surface area contributed by atoms with Crippen LogP contribution in [0.3, 0.4) is 0 Å². The molecule has 4 aliphatic carbocycles. The average molecular weight is 366 g/mol. The highest BCUT2D eigenvalue weighted by Gasteiger charge is 2.54. The first kappa shape index (κ1) is 17.9. The van der Waals surface area contributed by atoms with E-state index >= 15 is 0 Å². The molecule has 4 saturated carbocycles. The molecular weight excluding hydrogens is 340 g/mol. The number of benzene rings is 1. The van der Waals surface area contributed by atoms with Gasteiger partial charge in [-0.05, 0) is 68.4 Å². The molecule has 4 aliphatic rings. The van der Waals surface area contributed by atoms with Gasteiger partial charge in [-0.25, -0.2) is 0 Å². The number of carbonyl (C=O) groups excluding carboxylic acids is 2. The highest BCUT2D eigenvalue weighted by atomic mass is 16.5. The van der Waals surface area contributed by atoms with Gasteiger partial charge in [-0.15, -0.1) is 0 Å². The van der Waals surface area contributed by atoms with Gasteiger partial charge in [0, 0.05) is 5.41 Å². The Balaban J connectivity index is 1.26. The number of ether oxygens (including phenoxy) is 1. The van der Waals surface area contributed by atoms with Gasteiger partial charge in [0.2, 0.25) is 5.91 Å². The van der Waals surface area contributed by atoms with Gasteiger partial charge < -0.3 is 15.8 Å². The first-order chi connectivity index (χ1) is 13.1. The number of para-hydroxylation sites is 1. The summed E-state index contributed by atoms with van der Waals surface area (Å²) in [6.45, 7) is 0.485. The van der Waals surface area contributed by atoms with Crippen LogP contribution in [0.15, 0.2) is 24.3 Å². The summed E-state index contributed by atoms with van der Waals surface area (Å²) in [4.78, 5) is 24.2. The van der Waals surface area contributed by atoms with E-state index in [0.717, 1.165) is 37.0 Å². The topological polar surface area (TPSA) is 81.4 Å². The normalized spacial score (nSPS) is 30.3. The van der Waals surface area contributed by atoms with E-state index in [1.165, 1.54) is 19.3 Å². The van der Waals surface area contributed by atoms with Crippen LogP contribution in [-0.4, -0.2) is 25.0 Å². The molecule has 5 nitrogen and oxygen atoms in total. The van der Waals surface area contributed by atoms with Gasteiger partial charge in [0.1, 0.15) is 12.4 Å². The highest BCUT2D eigenvalue weighted by Crippen LogP contribution is 2.60. The van der Waals surface area contributed by atoms with Crippen LogP contribution in [0, 0.1) is 35.0 Å². The minimum atomic E-state index is -0.526.